The van der Waals surface area contributed by atoms with Gasteiger partial charge in [0, 0.05) is 6.61 Å². The number of rotatable bonds is 2. The second-order valence-corrected chi connectivity index (χ2v) is 3.72. The van der Waals surface area contributed by atoms with Crippen molar-refractivity contribution < 1.29 is 14.6 Å². The number of carboxylic acids is 1. The summed E-state index contributed by atoms with van der Waals surface area (Å²) in [7, 11) is 0. The molecule has 0 bridgehead atoms. The summed E-state index contributed by atoms with van der Waals surface area (Å²) >= 11 is 0. The van der Waals surface area contributed by atoms with E-state index in [1.54, 1.807) is 0 Å². The predicted octanol–water partition coefficient (Wildman–Crippen LogP) is 1.38. The fourth-order valence-electron chi connectivity index (χ4n) is 1.72. The number of ether oxygens (including phenoxy) is 1. The van der Waals surface area contributed by atoms with Crippen LogP contribution in [0.1, 0.15) is 20.3 Å². The van der Waals surface area contributed by atoms with Gasteiger partial charge in [-0.1, -0.05) is 13.8 Å². The van der Waals surface area contributed by atoms with Crippen LogP contribution < -0.4 is 0 Å². The molecule has 3 heteroatoms. The fraction of sp³-hybridized carbons (Fsp3) is 0.889. The molecule has 1 fully saturated rings. The third-order valence-electron chi connectivity index (χ3n) is 2.57. The molecule has 0 aromatic carbocycles. The Bertz CT molecular complexity index is 165. The highest BCUT2D eigenvalue weighted by Crippen LogP contribution is 2.28. The average molecular weight is 172 g/mol. The molecule has 0 aromatic rings. The van der Waals surface area contributed by atoms with Crippen LogP contribution >= 0.6 is 0 Å². The highest BCUT2D eigenvalue weighted by molar-refractivity contribution is 5.70. The van der Waals surface area contributed by atoms with Gasteiger partial charge >= 0.3 is 5.97 Å². The van der Waals surface area contributed by atoms with Gasteiger partial charge in [-0.3, -0.25) is 4.79 Å². The van der Waals surface area contributed by atoms with E-state index >= 15 is 0 Å². The third kappa shape index (κ3) is 1.97. The smallest absolute Gasteiger partial charge is 0.306 e. The first-order valence-electron chi connectivity index (χ1n) is 4.43. The normalized spacial score (nSPS) is 30.6. The second-order valence-electron chi connectivity index (χ2n) is 3.72. The minimum Gasteiger partial charge on any atom is -0.481 e. The van der Waals surface area contributed by atoms with Crippen molar-refractivity contribution in [3.63, 3.8) is 0 Å². The van der Waals surface area contributed by atoms with E-state index < -0.39 is 5.97 Å². The maximum Gasteiger partial charge on any atom is 0.306 e. The van der Waals surface area contributed by atoms with E-state index in [0.717, 1.165) is 0 Å². The zero-order chi connectivity index (χ0) is 9.14. The Morgan fingerprint density at radius 3 is 2.67 bits per heavy atom. The summed E-state index contributed by atoms with van der Waals surface area (Å²) in [6, 6.07) is 0. The second kappa shape index (κ2) is 3.90. The molecule has 0 saturated carbocycles. The summed E-state index contributed by atoms with van der Waals surface area (Å²) in [4.78, 5) is 10.8. The molecule has 12 heavy (non-hydrogen) atoms. The quantitative estimate of drug-likeness (QED) is 0.684. The van der Waals surface area contributed by atoms with E-state index in [1.165, 1.54) is 0 Å². The maximum absolute atomic E-state index is 10.8. The summed E-state index contributed by atoms with van der Waals surface area (Å²) < 4.78 is 5.26. The van der Waals surface area contributed by atoms with Crippen molar-refractivity contribution in [3.8, 4) is 0 Å². The van der Waals surface area contributed by atoms with E-state index in [1.807, 2.05) is 0 Å². The van der Waals surface area contributed by atoms with Gasteiger partial charge in [0.25, 0.3) is 0 Å². The van der Waals surface area contributed by atoms with Gasteiger partial charge in [-0.15, -0.1) is 0 Å². The van der Waals surface area contributed by atoms with Crippen molar-refractivity contribution >= 4 is 5.97 Å². The monoisotopic (exact) mass is 172 g/mol. The van der Waals surface area contributed by atoms with Gasteiger partial charge in [0.15, 0.2) is 0 Å². The van der Waals surface area contributed by atoms with Crippen LogP contribution in [-0.2, 0) is 9.53 Å². The van der Waals surface area contributed by atoms with Crippen LogP contribution in [0.3, 0.4) is 0 Å². The van der Waals surface area contributed by atoms with E-state index in [0.29, 0.717) is 25.6 Å². The van der Waals surface area contributed by atoms with Crippen LogP contribution in [0, 0.1) is 17.8 Å². The Balaban J connectivity index is 2.60. The zero-order valence-electron chi connectivity index (χ0n) is 7.62. The number of aliphatic carboxylic acids is 1. The summed E-state index contributed by atoms with van der Waals surface area (Å²) in [5.74, 6) is -0.279. The van der Waals surface area contributed by atoms with Gasteiger partial charge in [0.1, 0.15) is 0 Å². The minimum atomic E-state index is -0.669. The average Bonchev–Trinajstić information content (AvgIpc) is 2.04. The highest BCUT2D eigenvalue weighted by Gasteiger charge is 2.33. The van der Waals surface area contributed by atoms with Crippen LogP contribution in [-0.4, -0.2) is 24.3 Å². The molecule has 1 N–H and O–H groups in total. The van der Waals surface area contributed by atoms with Crippen molar-refractivity contribution in [2.45, 2.75) is 20.3 Å². The van der Waals surface area contributed by atoms with E-state index in [-0.39, 0.29) is 11.8 Å². The lowest BCUT2D eigenvalue weighted by atomic mass is 9.81. The maximum atomic E-state index is 10.8. The first-order valence-corrected chi connectivity index (χ1v) is 4.43. The molecule has 1 aliphatic heterocycles. The molecular formula is C9H16O3. The van der Waals surface area contributed by atoms with Gasteiger partial charge in [-0.05, 0) is 18.3 Å². The predicted molar refractivity (Wildman–Crippen MR) is 44.9 cm³/mol. The Morgan fingerprint density at radius 2 is 2.25 bits per heavy atom. The van der Waals surface area contributed by atoms with Gasteiger partial charge in [-0.25, -0.2) is 0 Å². The van der Waals surface area contributed by atoms with Crippen LogP contribution in [0.2, 0.25) is 0 Å². The van der Waals surface area contributed by atoms with Crippen molar-refractivity contribution in [1.82, 2.24) is 0 Å². The lowest BCUT2D eigenvalue weighted by Crippen LogP contribution is -2.35. The van der Waals surface area contributed by atoms with Crippen LogP contribution in [0.25, 0.3) is 0 Å². The summed E-state index contributed by atoms with van der Waals surface area (Å²) in [6.07, 6.45) is 0.665. The van der Waals surface area contributed by atoms with Crippen LogP contribution in [0.15, 0.2) is 0 Å². The largest absolute Gasteiger partial charge is 0.481 e. The molecule has 1 heterocycles. The Hall–Kier alpha value is -0.570. The summed E-state index contributed by atoms with van der Waals surface area (Å²) in [6.45, 7) is 5.30. The van der Waals surface area contributed by atoms with Crippen LogP contribution in [0.5, 0.6) is 0 Å². The molecule has 1 rings (SSSR count). The third-order valence-corrected chi connectivity index (χ3v) is 2.57. The molecule has 2 atom stereocenters. The SMILES string of the molecule is CC(C)C1COCCC1C(=O)O. The number of hydrogen-bond donors (Lipinski definition) is 1. The number of carboxylic acid groups (broad SMARTS) is 1. The molecule has 0 aliphatic carbocycles. The first kappa shape index (κ1) is 9.52. The van der Waals surface area contributed by atoms with E-state index in [4.69, 9.17) is 9.84 Å². The topological polar surface area (TPSA) is 46.5 Å². The van der Waals surface area contributed by atoms with Crippen molar-refractivity contribution in [3.05, 3.63) is 0 Å². The molecule has 70 valence electrons. The standard InChI is InChI=1S/C9H16O3/c1-6(2)8-5-12-4-3-7(8)9(10)11/h6-8H,3-5H2,1-2H3,(H,10,11). The van der Waals surface area contributed by atoms with Crippen molar-refractivity contribution in [1.29, 1.82) is 0 Å². The molecule has 1 saturated heterocycles. The molecule has 1 aliphatic rings. The van der Waals surface area contributed by atoms with Gasteiger partial charge < -0.3 is 9.84 Å². The lowest BCUT2D eigenvalue weighted by molar-refractivity contribution is -0.149. The number of hydrogen-bond acceptors (Lipinski definition) is 2. The Labute approximate surface area is 72.7 Å². The van der Waals surface area contributed by atoms with E-state index in [9.17, 15) is 4.79 Å². The molecule has 2 unspecified atom stereocenters. The first-order chi connectivity index (χ1) is 5.63. The Morgan fingerprint density at radius 1 is 1.58 bits per heavy atom. The zero-order valence-corrected chi connectivity index (χ0v) is 7.62. The molecule has 3 nitrogen and oxygen atoms in total. The summed E-state index contributed by atoms with van der Waals surface area (Å²) in [5, 5.41) is 8.90. The van der Waals surface area contributed by atoms with Crippen molar-refractivity contribution in [2.24, 2.45) is 17.8 Å². The fourth-order valence-corrected chi connectivity index (χ4v) is 1.72. The minimum absolute atomic E-state index is 0.191. The van der Waals surface area contributed by atoms with E-state index in [2.05, 4.69) is 13.8 Å². The van der Waals surface area contributed by atoms with Gasteiger partial charge in [0.05, 0.1) is 12.5 Å². The lowest BCUT2D eigenvalue weighted by Gasteiger charge is -2.31. The molecule has 0 radical (unpaired) electrons. The molecule has 0 spiro atoms. The summed E-state index contributed by atoms with van der Waals surface area (Å²) in [5.41, 5.74) is 0. The van der Waals surface area contributed by atoms with Gasteiger partial charge in [-0.2, -0.15) is 0 Å². The highest BCUT2D eigenvalue weighted by atomic mass is 16.5. The van der Waals surface area contributed by atoms with Gasteiger partial charge in [0.2, 0.25) is 0 Å². The number of carbonyl (C=O) groups is 1. The Kier molecular flexibility index (Phi) is 3.09. The van der Waals surface area contributed by atoms with Crippen molar-refractivity contribution in [2.75, 3.05) is 13.2 Å². The van der Waals surface area contributed by atoms with Crippen LogP contribution in [0.4, 0.5) is 0 Å². The molecule has 0 aromatic heterocycles. The molecular weight excluding hydrogens is 156 g/mol. The molecule has 0 amide bonds.